The van der Waals surface area contributed by atoms with Crippen molar-refractivity contribution >= 4 is 13.3 Å². The molecule has 1 unspecified atom stereocenters. The van der Waals surface area contributed by atoms with E-state index in [2.05, 4.69) is 73.8 Å². The van der Waals surface area contributed by atoms with Crippen LogP contribution >= 0.6 is 0 Å². The number of rotatable bonds is 10. The van der Waals surface area contributed by atoms with Gasteiger partial charge in [-0.05, 0) is 31.2 Å². The molecule has 3 nitrogen and oxygen atoms in total. The van der Waals surface area contributed by atoms with E-state index in [0.717, 1.165) is 25.9 Å². The van der Waals surface area contributed by atoms with Crippen molar-refractivity contribution in [1.29, 1.82) is 0 Å². The van der Waals surface area contributed by atoms with E-state index in [9.17, 15) is 0 Å². The lowest BCUT2D eigenvalue weighted by atomic mass is 10.2. The third kappa shape index (κ3) is 6.93. The summed E-state index contributed by atoms with van der Waals surface area (Å²) in [6.07, 6.45) is 6.57. The van der Waals surface area contributed by atoms with Gasteiger partial charge in [-0.25, -0.2) is 0 Å². The summed E-state index contributed by atoms with van der Waals surface area (Å²) < 4.78 is 17.7. The summed E-state index contributed by atoms with van der Waals surface area (Å²) in [6, 6.07) is 21.2. The summed E-state index contributed by atoms with van der Waals surface area (Å²) in [5.74, 6) is 0. The van der Waals surface area contributed by atoms with Gasteiger partial charge in [0.15, 0.2) is 6.29 Å². The maximum absolute atomic E-state index is 6.04. The van der Waals surface area contributed by atoms with Crippen molar-refractivity contribution in [3.63, 3.8) is 0 Å². The molecule has 1 aliphatic rings. The zero-order chi connectivity index (χ0) is 20.4. The van der Waals surface area contributed by atoms with E-state index in [1.54, 1.807) is 0 Å². The highest BCUT2D eigenvalue weighted by Crippen LogP contribution is 2.21. The van der Waals surface area contributed by atoms with Crippen LogP contribution in [0.2, 0.25) is 13.1 Å². The van der Waals surface area contributed by atoms with Crippen molar-refractivity contribution in [3.8, 4) is 0 Å². The second-order valence-electron chi connectivity index (χ2n) is 8.14. The van der Waals surface area contributed by atoms with Crippen LogP contribution in [0.5, 0.6) is 0 Å². The lowest BCUT2D eigenvalue weighted by Gasteiger charge is -2.28. The first-order chi connectivity index (χ1) is 14.2. The van der Waals surface area contributed by atoms with Gasteiger partial charge >= 0.3 is 0 Å². The van der Waals surface area contributed by atoms with E-state index in [1.807, 2.05) is 6.07 Å². The molecule has 2 aromatic rings. The van der Waals surface area contributed by atoms with Gasteiger partial charge in [-0.15, -0.1) is 0 Å². The van der Waals surface area contributed by atoms with E-state index in [-0.39, 0.29) is 6.29 Å². The van der Waals surface area contributed by atoms with Crippen LogP contribution in [0.3, 0.4) is 0 Å². The molecule has 1 fully saturated rings. The SMILES string of the molecule is C[Si](C)(C(=CCOCc1ccccc1)CCOC1CCCCO1)c1ccccc1. The zero-order valence-corrected chi connectivity index (χ0v) is 18.8. The summed E-state index contributed by atoms with van der Waals surface area (Å²) in [4.78, 5) is 0. The van der Waals surface area contributed by atoms with Crippen LogP contribution in [0.4, 0.5) is 0 Å². The summed E-state index contributed by atoms with van der Waals surface area (Å²) in [7, 11) is -1.76. The summed E-state index contributed by atoms with van der Waals surface area (Å²) in [5, 5.41) is 2.93. The van der Waals surface area contributed by atoms with E-state index < -0.39 is 8.07 Å². The van der Waals surface area contributed by atoms with Gasteiger partial charge in [-0.2, -0.15) is 0 Å². The van der Waals surface area contributed by atoms with Crippen molar-refractivity contribution in [2.75, 3.05) is 19.8 Å². The molecule has 1 saturated heterocycles. The summed E-state index contributed by atoms with van der Waals surface area (Å²) in [5.41, 5.74) is 1.21. The van der Waals surface area contributed by atoms with Crippen LogP contribution in [-0.4, -0.2) is 34.2 Å². The normalized spacial score (nSPS) is 18.0. The van der Waals surface area contributed by atoms with Crippen LogP contribution in [0.1, 0.15) is 31.2 Å². The van der Waals surface area contributed by atoms with Gasteiger partial charge in [-0.1, -0.05) is 90.2 Å². The first-order valence-corrected chi connectivity index (χ1v) is 13.8. The standard InChI is InChI=1S/C25H34O3Si/c1-29(2,23-13-7-4-8-14-23)24(17-20-28-25-15-9-10-18-27-25)16-19-26-21-22-11-5-3-6-12-22/h3-8,11-14,16,25H,9-10,15,17-21H2,1-2H3. The molecule has 0 aliphatic carbocycles. The molecule has 2 aromatic carbocycles. The minimum Gasteiger partial charge on any atom is -0.373 e. The molecule has 0 amide bonds. The molecule has 156 valence electrons. The van der Waals surface area contributed by atoms with Crippen LogP contribution in [-0.2, 0) is 20.8 Å². The van der Waals surface area contributed by atoms with Gasteiger partial charge in [0, 0.05) is 6.61 Å². The Morgan fingerprint density at radius 3 is 2.45 bits per heavy atom. The average molecular weight is 411 g/mol. The second-order valence-corrected chi connectivity index (χ2v) is 12.6. The molecule has 1 aliphatic heterocycles. The Morgan fingerprint density at radius 2 is 1.76 bits per heavy atom. The van der Waals surface area contributed by atoms with E-state index in [1.165, 1.54) is 22.4 Å². The Labute approximate surface area is 176 Å². The predicted octanol–water partition coefficient (Wildman–Crippen LogP) is 5.22. The predicted molar refractivity (Wildman–Crippen MR) is 122 cm³/mol. The first-order valence-electron chi connectivity index (χ1n) is 10.8. The third-order valence-electron chi connectivity index (χ3n) is 5.67. The number of benzene rings is 2. The highest BCUT2D eigenvalue weighted by molar-refractivity contribution is 6.95. The minimum absolute atomic E-state index is 0.0270. The summed E-state index contributed by atoms with van der Waals surface area (Å²) >= 11 is 0. The topological polar surface area (TPSA) is 27.7 Å². The second kappa shape index (κ2) is 11.5. The summed E-state index contributed by atoms with van der Waals surface area (Å²) in [6.45, 7) is 7.64. The van der Waals surface area contributed by atoms with Gasteiger partial charge in [0.05, 0.1) is 19.8 Å². The fourth-order valence-corrected chi connectivity index (χ4v) is 6.48. The third-order valence-corrected chi connectivity index (χ3v) is 9.51. The van der Waals surface area contributed by atoms with Crippen molar-refractivity contribution in [2.45, 2.75) is 51.7 Å². The quantitative estimate of drug-likeness (QED) is 0.397. The van der Waals surface area contributed by atoms with E-state index in [0.29, 0.717) is 19.8 Å². The molecular weight excluding hydrogens is 376 g/mol. The van der Waals surface area contributed by atoms with Crippen molar-refractivity contribution in [3.05, 3.63) is 77.5 Å². The van der Waals surface area contributed by atoms with Crippen molar-refractivity contribution in [1.82, 2.24) is 0 Å². The van der Waals surface area contributed by atoms with E-state index in [4.69, 9.17) is 14.2 Å². The molecule has 3 rings (SSSR count). The molecule has 0 radical (unpaired) electrons. The molecule has 0 spiro atoms. The highest BCUT2D eigenvalue weighted by atomic mass is 28.3. The Hall–Kier alpha value is -1.72. The average Bonchev–Trinajstić information content (AvgIpc) is 2.77. The van der Waals surface area contributed by atoms with Crippen molar-refractivity contribution in [2.24, 2.45) is 0 Å². The molecular formula is C25H34O3Si. The Morgan fingerprint density at radius 1 is 1.03 bits per heavy atom. The van der Waals surface area contributed by atoms with Crippen LogP contribution in [0, 0.1) is 0 Å². The smallest absolute Gasteiger partial charge is 0.157 e. The molecule has 0 bridgehead atoms. The van der Waals surface area contributed by atoms with Crippen LogP contribution in [0.15, 0.2) is 71.9 Å². The molecule has 0 N–H and O–H groups in total. The lowest BCUT2D eigenvalue weighted by Crippen LogP contribution is -2.44. The molecule has 1 heterocycles. The van der Waals surface area contributed by atoms with Crippen molar-refractivity contribution < 1.29 is 14.2 Å². The minimum atomic E-state index is -1.76. The number of hydrogen-bond acceptors (Lipinski definition) is 3. The lowest BCUT2D eigenvalue weighted by molar-refractivity contribution is -0.161. The molecule has 1 atom stereocenters. The maximum atomic E-state index is 6.04. The number of hydrogen-bond donors (Lipinski definition) is 0. The van der Waals surface area contributed by atoms with Gasteiger partial charge in [0.25, 0.3) is 0 Å². The van der Waals surface area contributed by atoms with Gasteiger partial charge < -0.3 is 14.2 Å². The molecule has 0 aromatic heterocycles. The van der Waals surface area contributed by atoms with Gasteiger partial charge in [0.2, 0.25) is 0 Å². The molecule has 0 saturated carbocycles. The largest absolute Gasteiger partial charge is 0.373 e. The van der Waals surface area contributed by atoms with Gasteiger partial charge in [0.1, 0.15) is 8.07 Å². The number of ether oxygens (including phenoxy) is 3. The van der Waals surface area contributed by atoms with Crippen LogP contribution < -0.4 is 5.19 Å². The molecule has 4 heteroatoms. The highest BCUT2D eigenvalue weighted by Gasteiger charge is 2.28. The molecule has 29 heavy (non-hydrogen) atoms. The van der Waals surface area contributed by atoms with Gasteiger partial charge in [-0.3, -0.25) is 0 Å². The van der Waals surface area contributed by atoms with Crippen LogP contribution in [0.25, 0.3) is 0 Å². The Balaban J connectivity index is 1.61. The Kier molecular flexibility index (Phi) is 8.68. The fraction of sp³-hybridized carbons (Fsp3) is 0.440. The Bertz CT molecular complexity index is 737. The monoisotopic (exact) mass is 410 g/mol. The maximum Gasteiger partial charge on any atom is 0.157 e. The van der Waals surface area contributed by atoms with E-state index >= 15 is 0 Å². The fourth-order valence-electron chi connectivity index (χ4n) is 3.76. The first kappa shape index (κ1) is 22.0. The zero-order valence-electron chi connectivity index (χ0n) is 17.8.